The molecule has 0 saturated carbocycles. The molecule has 0 atom stereocenters. The summed E-state index contributed by atoms with van der Waals surface area (Å²) in [6.07, 6.45) is 3.14. The van der Waals surface area contributed by atoms with E-state index in [2.05, 4.69) is 36.5 Å². The van der Waals surface area contributed by atoms with Gasteiger partial charge in [-0.1, -0.05) is 43.7 Å². The molecule has 0 saturated heterocycles. The molecule has 156 valence electrons. The summed E-state index contributed by atoms with van der Waals surface area (Å²) in [6, 6.07) is 14.8. The first kappa shape index (κ1) is 23.2. The van der Waals surface area contributed by atoms with Gasteiger partial charge in [0.1, 0.15) is 0 Å². The minimum Gasteiger partial charge on any atom is -0.352 e. The van der Waals surface area contributed by atoms with E-state index in [-0.39, 0.29) is 10.8 Å². The van der Waals surface area contributed by atoms with Crippen LogP contribution >= 0.6 is 11.8 Å². The first-order chi connectivity index (χ1) is 13.9. The molecule has 5 nitrogen and oxygen atoms in total. The van der Waals surface area contributed by atoms with Gasteiger partial charge in [-0.3, -0.25) is 4.79 Å². The van der Waals surface area contributed by atoms with Crippen molar-refractivity contribution in [3.8, 4) is 0 Å². The van der Waals surface area contributed by atoms with E-state index >= 15 is 0 Å². The van der Waals surface area contributed by atoms with Gasteiger partial charge in [-0.25, -0.2) is 8.42 Å². The topological polar surface area (TPSA) is 66.5 Å². The second kappa shape index (κ2) is 11.2. The third kappa shape index (κ3) is 7.03. The molecule has 0 heterocycles. The SMILES string of the molecule is CCN(CC)S(=O)(=O)c1ccc(/C=C/C(=O)NCCSc2ccc(C)cc2)cc1. The third-order valence-electron chi connectivity index (χ3n) is 4.34. The molecule has 2 rings (SSSR count). The average molecular weight is 433 g/mol. The quantitative estimate of drug-likeness (QED) is 0.351. The Bertz CT molecular complexity index is 918. The Kier molecular flexibility index (Phi) is 8.95. The number of carbonyl (C=O) groups excluding carboxylic acids is 1. The Morgan fingerprint density at radius 3 is 2.24 bits per heavy atom. The fourth-order valence-corrected chi connectivity index (χ4v) is 4.90. The van der Waals surface area contributed by atoms with Gasteiger partial charge in [0.2, 0.25) is 15.9 Å². The Morgan fingerprint density at radius 1 is 1.03 bits per heavy atom. The van der Waals surface area contributed by atoms with Crippen LogP contribution < -0.4 is 5.32 Å². The number of thioether (sulfide) groups is 1. The first-order valence-corrected chi connectivity index (χ1v) is 12.0. The highest BCUT2D eigenvalue weighted by Crippen LogP contribution is 2.18. The number of nitrogens with one attached hydrogen (secondary N) is 1. The van der Waals surface area contributed by atoms with Gasteiger partial charge in [0.15, 0.2) is 0 Å². The molecule has 1 amide bonds. The molecule has 0 unspecified atom stereocenters. The summed E-state index contributed by atoms with van der Waals surface area (Å²) < 4.78 is 26.4. The molecule has 7 heteroatoms. The zero-order chi connectivity index (χ0) is 21.3. The summed E-state index contributed by atoms with van der Waals surface area (Å²) in [7, 11) is -3.46. The summed E-state index contributed by atoms with van der Waals surface area (Å²) in [6.45, 7) is 7.12. The van der Waals surface area contributed by atoms with Crippen molar-refractivity contribution in [3.05, 3.63) is 65.7 Å². The van der Waals surface area contributed by atoms with Crippen LogP contribution in [-0.4, -0.2) is 44.0 Å². The Labute approximate surface area is 178 Å². The monoisotopic (exact) mass is 432 g/mol. The molecular weight excluding hydrogens is 404 g/mol. The minimum absolute atomic E-state index is 0.172. The maximum absolute atomic E-state index is 12.5. The van der Waals surface area contributed by atoms with Crippen LogP contribution in [-0.2, 0) is 14.8 Å². The standard InChI is InChI=1S/C22H28N2O3S2/c1-4-24(5-2)29(26,27)21-13-8-19(9-14-21)10-15-22(25)23-16-17-28-20-11-6-18(3)7-12-20/h6-15H,4-5,16-17H2,1-3H3,(H,23,25)/b15-10+. The molecule has 0 bridgehead atoms. The first-order valence-electron chi connectivity index (χ1n) is 9.62. The lowest BCUT2D eigenvalue weighted by molar-refractivity contribution is -0.116. The summed E-state index contributed by atoms with van der Waals surface area (Å²) in [4.78, 5) is 13.4. The Hall–Kier alpha value is -2.09. The summed E-state index contributed by atoms with van der Waals surface area (Å²) in [5, 5.41) is 2.85. The van der Waals surface area contributed by atoms with E-state index < -0.39 is 10.0 Å². The normalized spacial score (nSPS) is 11.9. The van der Waals surface area contributed by atoms with Crippen molar-refractivity contribution in [2.24, 2.45) is 0 Å². The van der Waals surface area contributed by atoms with Gasteiger partial charge >= 0.3 is 0 Å². The van der Waals surface area contributed by atoms with E-state index in [9.17, 15) is 13.2 Å². The molecule has 0 spiro atoms. The number of hydrogen-bond acceptors (Lipinski definition) is 4. The number of aryl methyl sites for hydroxylation is 1. The molecule has 2 aromatic rings. The fourth-order valence-electron chi connectivity index (χ4n) is 2.67. The van der Waals surface area contributed by atoms with Gasteiger partial charge in [0, 0.05) is 36.4 Å². The molecule has 29 heavy (non-hydrogen) atoms. The van der Waals surface area contributed by atoms with E-state index in [0.29, 0.717) is 19.6 Å². The average Bonchev–Trinajstić information content (AvgIpc) is 2.72. The molecule has 0 aliphatic heterocycles. The highest BCUT2D eigenvalue weighted by molar-refractivity contribution is 7.99. The molecule has 0 radical (unpaired) electrons. The number of carbonyl (C=O) groups is 1. The minimum atomic E-state index is -3.46. The number of rotatable bonds is 10. The van der Waals surface area contributed by atoms with Crippen LogP contribution in [0.3, 0.4) is 0 Å². The smallest absolute Gasteiger partial charge is 0.244 e. The predicted molar refractivity (Wildman–Crippen MR) is 120 cm³/mol. The largest absolute Gasteiger partial charge is 0.352 e. The van der Waals surface area contributed by atoms with Crippen LogP contribution in [0.2, 0.25) is 0 Å². The molecule has 0 fully saturated rings. The summed E-state index contributed by atoms with van der Waals surface area (Å²) in [5.41, 5.74) is 2.00. The van der Waals surface area contributed by atoms with Crippen LogP contribution in [0, 0.1) is 6.92 Å². The van der Waals surface area contributed by atoms with Crippen molar-refractivity contribution in [2.75, 3.05) is 25.4 Å². The van der Waals surface area contributed by atoms with Gasteiger partial charge in [0.25, 0.3) is 0 Å². The van der Waals surface area contributed by atoms with Crippen molar-refractivity contribution in [1.29, 1.82) is 0 Å². The van der Waals surface area contributed by atoms with Crippen LogP contribution in [0.4, 0.5) is 0 Å². The van der Waals surface area contributed by atoms with E-state index in [1.54, 1.807) is 42.1 Å². The number of nitrogens with zero attached hydrogens (tertiary/aromatic N) is 1. The van der Waals surface area contributed by atoms with Crippen molar-refractivity contribution in [1.82, 2.24) is 9.62 Å². The highest BCUT2D eigenvalue weighted by atomic mass is 32.2. The van der Waals surface area contributed by atoms with Gasteiger partial charge in [-0.15, -0.1) is 11.8 Å². The maximum atomic E-state index is 12.5. The van der Waals surface area contributed by atoms with Crippen LogP contribution in [0.25, 0.3) is 6.08 Å². The number of hydrogen-bond donors (Lipinski definition) is 1. The van der Waals surface area contributed by atoms with Gasteiger partial charge in [-0.05, 0) is 42.8 Å². The predicted octanol–water partition coefficient (Wildman–Crippen LogP) is 3.95. The van der Waals surface area contributed by atoms with Crippen molar-refractivity contribution in [3.63, 3.8) is 0 Å². The van der Waals surface area contributed by atoms with Gasteiger partial charge in [0.05, 0.1) is 4.90 Å². The molecule has 0 aliphatic rings. The lowest BCUT2D eigenvalue weighted by atomic mass is 10.2. The lowest BCUT2D eigenvalue weighted by Crippen LogP contribution is -2.30. The van der Waals surface area contributed by atoms with Crippen molar-refractivity contribution >= 4 is 33.8 Å². The zero-order valence-corrected chi connectivity index (χ0v) is 18.7. The highest BCUT2D eigenvalue weighted by Gasteiger charge is 2.20. The zero-order valence-electron chi connectivity index (χ0n) is 17.1. The van der Waals surface area contributed by atoms with Crippen molar-refractivity contribution in [2.45, 2.75) is 30.6 Å². The van der Waals surface area contributed by atoms with E-state index in [4.69, 9.17) is 0 Å². The van der Waals surface area contributed by atoms with Crippen LogP contribution in [0.5, 0.6) is 0 Å². The molecule has 0 aromatic heterocycles. The molecular formula is C22H28N2O3S2. The Balaban J connectivity index is 1.83. The summed E-state index contributed by atoms with van der Waals surface area (Å²) >= 11 is 1.70. The van der Waals surface area contributed by atoms with Crippen molar-refractivity contribution < 1.29 is 13.2 Å². The van der Waals surface area contributed by atoms with Crippen LogP contribution in [0.15, 0.2) is 64.4 Å². The third-order valence-corrected chi connectivity index (χ3v) is 7.42. The lowest BCUT2D eigenvalue weighted by Gasteiger charge is -2.18. The molecule has 1 N–H and O–H groups in total. The second-order valence-corrected chi connectivity index (χ2v) is 9.55. The number of sulfonamides is 1. The fraction of sp³-hybridized carbons (Fsp3) is 0.318. The van der Waals surface area contributed by atoms with E-state index in [1.807, 2.05) is 13.8 Å². The number of benzene rings is 2. The molecule has 0 aliphatic carbocycles. The Morgan fingerprint density at radius 2 is 1.66 bits per heavy atom. The van der Waals surface area contributed by atoms with Gasteiger partial charge < -0.3 is 5.32 Å². The summed E-state index contributed by atoms with van der Waals surface area (Å²) in [5.74, 6) is 0.620. The molecule has 2 aromatic carbocycles. The van der Waals surface area contributed by atoms with Crippen LogP contribution in [0.1, 0.15) is 25.0 Å². The van der Waals surface area contributed by atoms with E-state index in [1.165, 1.54) is 20.8 Å². The second-order valence-electron chi connectivity index (χ2n) is 6.44. The van der Waals surface area contributed by atoms with Gasteiger partial charge in [-0.2, -0.15) is 4.31 Å². The number of amides is 1. The maximum Gasteiger partial charge on any atom is 0.244 e. The van der Waals surface area contributed by atoms with E-state index in [0.717, 1.165) is 11.3 Å².